The number of nitrogens with one attached hydrogen (secondary N) is 1. The molecule has 0 aliphatic carbocycles. The highest BCUT2D eigenvalue weighted by atomic mass is 16.3. The van der Waals surface area contributed by atoms with Crippen LogP contribution in [0, 0.1) is 0 Å². The van der Waals surface area contributed by atoms with Crippen molar-refractivity contribution >= 4 is 5.91 Å². The molecule has 0 radical (unpaired) electrons. The quantitative estimate of drug-likeness (QED) is 0.0490. The molecule has 0 saturated heterocycles. The molecule has 1 amide bonds. The predicted octanol–water partition coefficient (Wildman–Crippen LogP) is 11.6. The van der Waals surface area contributed by atoms with Gasteiger partial charge in [-0.2, -0.15) is 0 Å². The Morgan fingerprint density at radius 3 is 1.33 bits per heavy atom. The van der Waals surface area contributed by atoms with Gasteiger partial charge in [-0.3, -0.25) is 4.79 Å². The average Bonchev–Trinajstić information content (AvgIpc) is 3.04. The normalized spacial score (nSPS) is 13.6. The van der Waals surface area contributed by atoms with Crippen LogP contribution in [-0.4, -0.2) is 34.9 Å². The van der Waals surface area contributed by atoms with Crippen LogP contribution in [0.25, 0.3) is 0 Å². The zero-order valence-electron chi connectivity index (χ0n) is 29.9. The van der Waals surface area contributed by atoms with Gasteiger partial charge in [0.05, 0.1) is 18.8 Å². The average molecular weight is 630 g/mol. The summed E-state index contributed by atoms with van der Waals surface area (Å²) >= 11 is 0. The van der Waals surface area contributed by atoms with Crippen molar-refractivity contribution < 1.29 is 15.0 Å². The van der Waals surface area contributed by atoms with Crippen molar-refractivity contribution in [2.24, 2.45) is 0 Å². The van der Waals surface area contributed by atoms with E-state index in [-0.39, 0.29) is 12.5 Å². The lowest BCUT2D eigenvalue weighted by atomic mass is 10.0. The second kappa shape index (κ2) is 36.8. The number of hydrogen-bond acceptors (Lipinski definition) is 3. The van der Waals surface area contributed by atoms with E-state index in [1.165, 1.54) is 116 Å². The number of allylic oxidation sites excluding steroid dienone is 8. The Labute approximate surface area is 280 Å². The van der Waals surface area contributed by atoms with Crippen molar-refractivity contribution in [1.82, 2.24) is 5.32 Å². The van der Waals surface area contributed by atoms with Crippen molar-refractivity contribution in [2.75, 3.05) is 6.61 Å². The number of rotatable bonds is 34. The molecule has 0 fully saturated rings. The fourth-order valence-electron chi connectivity index (χ4n) is 5.66. The summed E-state index contributed by atoms with van der Waals surface area (Å²) in [4.78, 5) is 12.3. The summed E-state index contributed by atoms with van der Waals surface area (Å²) in [5, 5.41) is 23.0. The number of aliphatic hydroxyl groups is 2. The van der Waals surface area contributed by atoms with Crippen molar-refractivity contribution in [3.05, 3.63) is 48.6 Å². The highest BCUT2D eigenvalue weighted by molar-refractivity contribution is 5.76. The summed E-state index contributed by atoms with van der Waals surface area (Å²) in [6.45, 7) is 4.20. The van der Waals surface area contributed by atoms with E-state index in [1.807, 2.05) is 6.08 Å². The van der Waals surface area contributed by atoms with E-state index in [0.29, 0.717) is 19.3 Å². The van der Waals surface area contributed by atoms with Crippen LogP contribution >= 0.6 is 0 Å². The first kappa shape index (κ1) is 43.4. The number of carbonyl (C=O) groups is 1. The van der Waals surface area contributed by atoms with Gasteiger partial charge in [-0.1, -0.05) is 191 Å². The van der Waals surface area contributed by atoms with Crippen LogP contribution in [0.5, 0.6) is 0 Å². The molecule has 2 unspecified atom stereocenters. The van der Waals surface area contributed by atoms with Crippen molar-refractivity contribution in [2.45, 2.75) is 199 Å². The molecule has 0 aliphatic rings. The van der Waals surface area contributed by atoms with Crippen LogP contribution in [-0.2, 0) is 4.79 Å². The van der Waals surface area contributed by atoms with Gasteiger partial charge in [0.2, 0.25) is 5.91 Å². The molecule has 4 nitrogen and oxygen atoms in total. The third-order valence-corrected chi connectivity index (χ3v) is 8.62. The third kappa shape index (κ3) is 33.5. The van der Waals surface area contributed by atoms with E-state index in [2.05, 4.69) is 61.7 Å². The largest absolute Gasteiger partial charge is 0.394 e. The SMILES string of the molecule is CC/C=C\C/C=C\C/C=C\C/C=C\CCC(=O)NC(CO)C(O)CCCCCCCCCCCCCCCCCCCCCC. The van der Waals surface area contributed by atoms with Gasteiger partial charge in [0, 0.05) is 6.42 Å². The van der Waals surface area contributed by atoms with E-state index in [1.54, 1.807) is 0 Å². The first-order chi connectivity index (χ1) is 22.2. The minimum atomic E-state index is -0.688. The minimum absolute atomic E-state index is 0.112. The predicted molar refractivity (Wildman–Crippen MR) is 198 cm³/mol. The summed E-state index contributed by atoms with van der Waals surface area (Å²) in [6, 6.07) is -0.574. The second-order valence-corrected chi connectivity index (χ2v) is 13.0. The molecule has 4 heteroatoms. The molecule has 2 atom stereocenters. The molecule has 0 aliphatic heterocycles. The van der Waals surface area contributed by atoms with Gasteiger partial charge in [-0.25, -0.2) is 0 Å². The van der Waals surface area contributed by atoms with Crippen molar-refractivity contribution in [1.29, 1.82) is 0 Å². The van der Waals surface area contributed by atoms with Gasteiger partial charge >= 0.3 is 0 Å². The maximum absolute atomic E-state index is 12.3. The molecule has 0 bridgehead atoms. The Morgan fingerprint density at radius 2 is 0.933 bits per heavy atom. The molecule has 0 heterocycles. The van der Waals surface area contributed by atoms with E-state index in [4.69, 9.17) is 0 Å². The molecule has 262 valence electrons. The lowest BCUT2D eigenvalue weighted by Gasteiger charge is -2.22. The van der Waals surface area contributed by atoms with Gasteiger partial charge in [-0.15, -0.1) is 0 Å². The number of hydrogen-bond donors (Lipinski definition) is 3. The fraction of sp³-hybridized carbons (Fsp3) is 0.780. The molecule has 45 heavy (non-hydrogen) atoms. The zero-order chi connectivity index (χ0) is 32.9. The van der Waals surface area contributed by atoms with Gasteiger partial charge in [0.15, 0.2) is 0 Å². The molecular weight excluding hydrogens is 554 g/mol. The van der Waals surface area contributed by atoms with Crippen molar-refractivity contribution in [3.63, 3.8) is 0 Å². The number of unbranched alkanes of at least 4 members (excludes halogenated alkanes) is 19. The van der Waals surface area contributed by atoms with E-state index >= 15 is 0 Å². The van der Waals surface area contributed by atoms with E-state index in [9.17, 15) is 15.0 Å². The Kier molecular flexibility index (Phi) is 35.5. The fourth-order valence-corrected chi connectivity index (χ4v) is 5.66. The van der Waals surface area contributed by atoms with Crippen LogP contribution in [0.15, 0.2) is 48.6 Å². The Balaban J connectivity index is 3.61. The summed E-state index contributed by atoms with van der Waals surface area (Å²) in [7, 11) is 0. The van der Waals surface area contributed by atoms with Gasteiger partial charge in [0.25, 0.3) is 0 Å². The molecule has 0 spiro atoms. The lowest BCUT2D eigenvalue weighted by Crippen LogP contribution is -2.45. The van der Waals surface area contributed by atoms with Crippen LogP contribution in [0.1, 0.15) is 187 Å². The van der Waals surface area contributed by atoms with Crippen LogP contribution < -0.4 is 5.32 Å². The lowest BCUT2D eigenvalue weighted by molar-refractivity contribution is -0.123. The smallest absolute Gasteiger partial charge is 0.220 e. The maximum Gasteiger partial charge on any atom is 0.220 e. The number of amides is 1. The van der Waals surface area contributed by atoms with E-state index < -0.39 is 12.1 Å². The van der Waals surface area contributed by atoms with Crippen LogP contribution in [0.3, 0.4) is 0 Å². The van der Waals surface area contributed by atoms with Gasteiger partial charge in [0.1, 0.15) is 0 Å². The van der Waals surface area contributed by atoms with Gasteiger partial charge < -0.3 is 15.5 Å². The summed E-state index contributed by atoms with van der Waals surface area (Å²) in [6.07, 6.45) is 49.0. The molecule has 0 aromatic carbocycles. The zero-order valence-corrected chi connectivity index (χ0v) is 29.9. The first-order valence-electron chi connectivity index (χ1n) is 19.3. The highest BCUT2D eigenvalue weighted by Crippen LogP contribution is 2.15. The maximum atomic E-state index is 12.3. The minimum Gasteiger partial charge on any atom is -0.394 e. The number of carbonyl (C=O) groups excluding carboxylic acids is 1. The molecule has 0 rings (SSSR count). The molecule has 0 saturated carbocycles. The Hall–Kier alpha value is -1.65. The molecular formula is C41H75NO3. The van der Waals surface area contributed by atoms with Crippen molar-refractivity contribution in [3.8, 4) is 0 Å². The Morgan fingerprint density at radius 1 is 0.556 bits per heavy atom. The first-order valence-corrected chi connectivity index (χ1v) is 19.3. The standard InChI is InChI=1S/C41H75NO3/c1-3-5-7-9-11-13-15-17-18-19-20-21-22-23-25-26-28-30-32-34-36-40(44)39(38-43)42-41(45)37-35-33-31-29-27-24-16-14-12-10-8-6-4-2/h6,8,12,14,24,27,31,33,39-40,43-44H,3-5,7,9-11,13,15-23,25-26,28-30,32,34-38H2,1-2H3,(H,42,45)/b8-6-,14-12-,27-24-,33-31-. The van der Waals surface area contributed by atoms with Crippen LogP contribution in [0.2, 0.25) is 0 Å². The Bertz CT molecular complexity index is 726. The molecule has 0 aromatic rings. The third-order valence-electron chi connectivity index (χ3n) is 8.62. The topological polar surface area (TPSA) is 69.6 Å². The summed E-state index contributed by atoms with van der Waals surface area (Å²) in [5.41, 5.74) is 0. The second-order valence-electron chi connectivity index (χ2n) is 13.0. The highest BCUT2D eigenvalue weighted by Gasteiger charge is 2.19. The molecule has 0 aromatic heterocycles. The van der Waals surface area contributed by atoms with E-state index in [0.717, 1.165) is 38.5 Å². The summed E-state index contributed by atoms with van der Waals surface area (Å²) in [5.74, 6) is -0.112. The number of aliphatic hydroxyl groups excluding tert-OH is 2. The van der Waals surface area contributed by atoms with Crippen LogP contribution in [0.4, 0.5) is 0 Å². The molecule has 3 N–H and O–H groups in total. The van der Waals surface area contributed by atoms with Gasteiger partial charge in [-0.05, 0) is 38.5 Å². The summed E-state index contributed by atoms with van der Waals surface area (Å²) < 4.78 is 0. The monoisotopic (exact) mass is 630 g/mol.